The minimum absolute atomic E-state index is 0.189. The van der Waals surface area contributed by atoms with Gasteiger partial charge in [-0.15, -0.1) is 0 Å². The Morgan fingerprint density at radius 3 is 2.58 bits per heavy atom. The molecule has 2 heteroatoms. The molecule has 0 spiro atoms. The molecule has 0 aliphatic heterocycles. The van der Waals surface area contributed by atoms with Crippen molar-refractivity contribution >= 4 is 5.97 Å². The first-order valence-electron chi connectivity index (χ1n) is 4.57. The van der Waals surface area contributed by atoms with Crippen LogP contribution in [0.25, 0.3) is 0 Å². The highest BCUT2D eigenvalue weighted by Crippen LogP contribution is 2.23. The van der Waals surface area contributed by atoms with Crippen molar-refractivity contribution in [2.45, 2.75) is 46.0 Å². The third-order valence-corrected chi connectivity index (χ3v) is 2.20. The molecule has 1 rings (SSSR count). The van der Waals surface area contributed by atoms with E-state index in [1.165, 1.54) is 25.3 Å². The molecule has 0 aromatic rings. The van der Waals surface area contributed by atoms with Crippen LogP contribution in [0.4, 0.5) is 0 Å². The molecule has 0 aromatic heterocycles. The molecular weight excluding hydrogens is 152 g/mol. The summed E-state index contributed by atoms with van der Waals surface area (Å²) in [5, 5.41) is 0. The van der Waals surface area contributed by atoms with Crippen LogP contribution in [0.3, 0.4) is 0 Å². The number of esters is 1. The Balaban J connectivity index is 2.61. The van der Waals surface area contributed by atoms with E-state index >= 15 is 0 Å². The molecule has 12 heavy (non-hydrogen) atoms. The summed E-state index contributed by atoms with van der Waals surface area (Å²) in [6.07, 6.45) is 5.66. The lowest BCUT2D eigenvalue weighted by Gasteiger charge is -2.07. The molecule has 2 nitrogen and oxygen atoms in total. The standard InChI is InChI=1S/C10H16O2/c1-8-6-4-3-5-7-10(8)12-9(2)11/h3-7H2,1-2H3. The first kappa shape index (κ1) is 9.30. The molecule has 0 N–H and O–H groups in total. The minimum Gasteiger partial charge on any atom is -0.431 e. The summed E-state index contributed by atoms with van der Waals surface area (Å²) in [5.41, 5.74) is 1.25. The van der Waals surface area contributed by atoms with Crippen molar-refractivity contribution in [3.05, 3.63) is 11.3 Å². The number of allylic oxidation sites excluding steroid dienone is 2. The minimum atomic E-state index is -0.189. The average molecular weight is 168 g/mol. The second-order valence-electron chi connectivity index (χ2n) is 3.36. The number of carbonyl (C=O) groups is 1. The summed E-state index contributed by atoms with van der Waals surface area (Å²) in [6.45, 7) is 3.52. The van der Waals surface area contributed by atoms with Crippen molar-refractivity contribution in [3.63, 3.8) is 0 Å². The molecule has 0 heterocycles. The number of hydrogen-bond acceptors (Lipinski definition) is 2. The normalized spacial score (nSPS) is 18.8. The predicted molar refractivity (Wildman–Crippen MR) is 47.6 cm³/mol. The zero-order valence-corrected chi connectivity index (χ0v) is 7.85. The van der Waals surface area contributed by atoms with Crippen LogP contribution in [-0.2, 0) is 9.53 Å². The van der Waals surface area contributed by atoms with E-state index in [-0.39, 0.29) is 5.97 Å². The highest BCUT2D eigenvalue weighted by molar-refractivity contribution is 5.67. The highest BCUT2D eigenvalue weighted by atomic mass is 16.5. The van der Waals surface area contributed by atoms with Gasteiger partial charge in [0.05, 0.1) is 0 Å². The lowest BCUT2D eigenvalue weighted by atomic mass is 10.1. The largest absolute Gasteiger partial charge is 0.431 e. The zero-order chi connectivity index (χ0) is 8.97. The molecule has 0 fully saturated rings. The van der Waals surface area contributed by atoms with Gasteiger partial charge < -0.3 is 4.74 Å². The van der Waals surface area contributed by atoms with Crippen molar-refractivity contribution in [2.24, 2.45) is 0 Å². The molecule has 0 saturated heterocycles. The van der Waals surface area contributed by atoms with Crippen molar-refractivity contribution in [1.29, 1.82) is 0 Å². The predicted octanol–water partition coefficient (Wildman–Crippen LogP) is 2.79. The fourth-order valence-electron chi connectivity index (χ4n) is 1.52. The summed E-state index contributed by atoms with van der Waals surface area (Å²) in [7, 11) is 0. The Hall–Kier alpha value is -0.790. The molecule has 0 aromatic carbocycles. The Morgan fingerprint density at radius 1 is 1.25 bits per heavy atom. The molecule has 68 valence electrons. The maximum Gasteiger partial charge on any atom is 0.307 e. The highest BCUT2D eigenvalue weighted by Gasteiger charge is 2.10. The van der Waals surface area contributed by atoms with E-state index in [1.54, 1.807) is 0 Å². The fraction of sp³-hybridized carbons (Fsp3) is 0.700. The van der Waals surface area contributed by atoms with Gasteiger partial charge in [-0.2, -0.15) is 0 Å². The van der Waals surface area contributed by atoms with Gasteiger partial charge in [-0.1, -0.05) is 6.42 Å². The number of hydrogen-bond donors (Lipinski definition) is 0. The molecule has 0 radical (unpaired) electrons. The van der Waals surface area contributed by atoms with Crippen LogP contribution in [0.15, 0.2) is 11.3 Å². The van der Waals surface area contributed by atoms with Gasteiger partial charge in [0.1, 0.15) is 5.76 Å². The molecule has 0 saturated carbocycles. The van der Waals surface area contributed by atoms with Gasteiger partial charge >= 0.3 is 5.97 Å². The van der Waals surface area contributed by atoms with Gasteiger partial charge in [0.15, 0.2) is 0 Å². The molecular formula is C10H16O2. The molecule has 0 unspecified atom stereocenters. The summed E-state index contributed by atoms with van der Waals surface area (Å²) < 4.78 is 5.12. The van der Waals surface area contributed by atoms with E-state index < -0.39 is 0 Å². The lowest BCUT2D eigenvalue weighted by molar-refractivity contribution is -0.137. The zero-order valence-electron chi connectivity index (χ0n) is 7.85. The van der Waals surface area contributed by atoms with E-state index in [0.29, 0.717) is 0 Å². The number of rotatable bonds is 1. The molecule has 1 aliphatic carbocycles. The fourth-order valence-corrected chi connectivity index (χ4v) is 1.52. The Bertz CT molecular complexity index is 204. The Morgan fingerprint density at radius 2 is 1.92 bits per heavy atom. The van der Waals surface area contributed by atoms with E-state index in [1.807, 2.05) is 0 Å². The lowest BCUT2D eigenvalue weighted by Crippen LogP contribution is -2.00. The van der Waals surface area contributed by atoms with Crippen molar-refractivity contribution in [1.82, 2.24) is 0 Å². The van der Waals surface area contributed by atoms with Gasteiger partial charge in [0.25, 0.3) is 0 Å². The molecule has 1 aliphatic rings. The van der Waals surface area contributed by atoms with E-state index in [0.717, 1.165) is 25.0 Å². The van der Waals surface area contributed by atoms with Gasteiger partial charge in [-0.05, 0) is 31.8 Å². The average Bonchev–Trinajstić information content (AvgIpc) is 2.16. The maximum atomic E-state index is 10.7. The summed E-state index contributed by atoms with van der Waals surface area (Å²) in [5.74, 6) is 0.728. The van der Waals surface area contributed by atoms with E-state index in [2.05, 4.69) is 6.92 Å². The van der Waals surface area contributed by atoms with Crippen molar-refractivity contribution in [3.8, 4) is 0 Å². The van der Waals surface area contributed by atoms with Gasteiger partial charge in [-0.3, -0.25) is 4.79 Å². The van der Waals surface area contributed by atoms with Gasteiger partial charge in [0, 0.05) is 13.3 Å². The van der Waals surface area contributed by atoms with Crippen molar-refractivity contribution in [2.75, 3.05) is 0 Å². The quantitative estimate of drug-likeness (QED) is 0.563. The molecule has 0 amide bonds. The third kappa shape index (κ3) is 2.68. The van der Waals surface area contributed by atoms with Crippen LogP contribution in [-0.4, -0.2) is 5.97 Å². The molecule has 0 atom stereocenters. The number of carbonyl (C=O) groups excluding carboxylic acids is 1. The Labute approximate surface area is 73.6 Å². The van der Waals surface area contributed by atoms with Crippen LogP contribution < -0.4 is 0 Å². The molecule has 0 bridgehead atoms. The Kier molecular flexibility index (Phi) is 3.32. The second kappa shape index (κ2) is 4.29. The number of ether oxygens (including phenoxy) is 1. The third-order valence-electron chi connectivity index (χ3n) is 2.20. The van der Waals surface area contributed by atoms with E-state index in [4.69, 9.17) is 4.74 Å². The van der Waals surface area contributed by atoms with Gasteiger partial charge in [0.2, 0.25) is 0 Å². The first-order chi connectivity index (χ1) is 5.70. The van der Waals surface area contributed by atoms with Crippen LogP contribution in [0, 0.1) is 0 Å². The van der Waals surface area contributed by atoms with Crippen molar-refractivity contribution < 1.29 is 9.53 Å². The summed E-state index contributed by atoms with van der Waals surface area (Å²) in [6, 6.07) is 0. The smallest absolute Gasteiger partial charge is 0.307 e. The van der Waals surface area contributed by atoms with Crippen LogP contribution >= 0.6 is 0 Å². The van der Waals surface area contributed by atoms with Crippen LogP contribution in [0.1, 0.15) is 46.0 Å². The SMILES string of the molecule is CC(=O)OC1=C(C)CCCCC1. The van der Waals surface area contributed by atoms with Crippen LogP contribution in [0.2, 0.25) is 0 Å². The topological polar surface area (TPSA) is 26.3 Å². The van der Waals surface area contributed by atoms with E-state index in [9.17, 15) is 4.79 Å². The summed E-state index contributed by atoms with van der Waals surface area (Å²) in [4.78, 5) is 10.7. The maximum absolute atomic E-state index is 10.7. The van der Waals surface area contributed by atoms with Crippen LogP contribution in [0.5, 0.6) is 0 Å². The first-order valence-corrected chi connectivity index (χ1v) is 4.57. The second-order valence-corrected chi connectivity index (χ2v) is 3.36. The monoisotopic (exact) mass is 168 g/mol. The summed E-state index contributed by atoms with van der Waals surface area (Å²) >= 11 is 0. The van der Waals surface area contributed by atoms with Gasteiger partial charge in [-0.25, -0.2) is 0 Å².